The molecule has 1 saturated heterocycles. The van der Waals surface area contributed by atoms with Crippen molar-refractivity contribution in [3.05, 3.63) is 28.2 Å². The second kappa shape index (κ2) is 10.6. The number of sulfonamides is 1. The van der Waals surface area contributed by atoms with Gasteiger partial charge in [-0.25, -0.2) is 13.4 Å². The van der Waals surface area contributed by atoms with Crippen LogP contribution >= 0.6 is 0 Å². The van der Waals surface area contributed by atoms with E-state index in [1.54, 1.807) is 7.05 Å². The molecular formula is C24H34N6O5S. The summed E-state index contributed by atoms with van der Waals surface area (Å²) < 4.78 is 42.0. The van der Waals surface area contributed by atoms with Gasteiger partial charge in [-0.15, -0.1) is 0 Å². The molecule has 1 fully saturated rings. The van der Waals surface area contributed by atoms with Crippen LogP contribution in [-0.4, -0.2) is 83.8 Å². The highest BCUT2D eigenvalue weighted by Gasteiger charge is 2.30. The van der Waals surface area contributed by atoms with Gasteiger partial charge in [0.25, 0.3) is 5.56 Å². The maximum Gasteiger partial charge on any atom is 0.277 e. The molecule has 12 heteroatoms. The van der Waals surface area contributed by atoms with Gasteiger partial charge in [0.1, 0.15) is 11.3 Å². The molecule has 0 atom stereocenters. The Morgan fingerprint density at radius 3 is 2.36 bits per heavy atom. The quantitative estimate of drug-likeness (QED) is 0.456. The summed E-state index contributed by atoms with van der Waals surface area (Å²) >= 11 is 0. The van der Waals surface area contributed by atoms with E-state index in [4.69, 9.17) is 14.5 Å². The van der Waals surface area contributed by atoms with Gasteiger partial charge in [0.05, 0.1) is 29.4 Å². The first-order chi connectivity index (χ1) is 17.2. The molecule has 2 aromatic heterocycles. The van der Waals surface area contributed by atoms with Crippen molar-refractivity contribution < 1.29 is 17.9 Å². The van der Waals surface area contributed by atoms with Crippen LogP contribution in [0.15, 0.2) is 21.8 Å². The van der Waals surface area contributed by atoms with Crippen molar-refractivity contribution in [1.82, 2.24) is 29.0 Å². The molecule has 0 bridgehead atoms. The van der Waals surface area contributed by atoms with Crippen molar-refractivity contribution in [3.8, 4) is 22.9 Å². The minimum atomic E-state index is -3.82. The van der Waals surface area contributed by atoms with Crippen LogP contribution in [0.2, 0.25) is 0 Å². The van der Waals surface area contributed by atoms with E-state index in [2.05, 4.69) is 15.0 Å². The number of aromatic nitrogens is 4. The summed E-state index contributed by atoms with van der Waals surface area (Å²) in [6, 6.07) is 3.01. The molecule has 1 aliphatic heterocycles. The molecule has 4 rings (SSSR count). The van der Waals surface area contributed by atoms with Crippen molar-refractivity contribution in [2.45, 2.75) is 38.5 Å². The average molecular weight is 519 g/mol. The Labute approximate surface area is 211 Å². The van der Waals surface area contributed by atoms with Crippen LogP contribution < -0.4 is 15.0 Å². The summed E-state index contributed by atoms with van der Waals surface area (Å²) in [6.45, 7) is 8.38. The summed E-state index contributed by atoms with van der Waals surface area (Å²) in [7, 11) is -0.143. The molecule has 3 aromatic rings. The topological polar surface area (TPSA) is 123 Å². The predicted molar refractivity (Wildman–Crippen MR) is 137 cm³/mol. The van der Waals surface area contributed by atoms with Crippen molar-refractivity contribution in [1.29, 1.82) is 0 Å². The number of aromatic amines is 1. The summed E-state index contributed by atoms with van der Waals surface area (Å²) in [4.78, 5) is 22.8. The van der Waals surface area contributed by atoms with Crippen LogP contribution in [0.5, 0.6) is 11.5 Å². The van der Waals surface area contributed by atoms with E-state index < -0.39 is 10.0 Å². The highest BCUT2D eigenvalue weighted by atomic mass is 32.2. The van der Waals surface area contributed by atoms with Crippen molar-refractivity contribution in [2.75, 3.05) is 46.4 Å². The van der Waals surface area contributed by atoms with Crippen molar-refractivity contribution >= 4 is 21.1 Å². The SMILES string of the molecule is CCCc1nn(C)c2c(=O)[nH]c(-c3cc(S(=O)(=O)N4CCN(C)CC4)cc(OCC)c3OCC)nc12. The summed E-state index contributed by atoms with van der Waals surface area (Å²) in [5, 5.41) is 4.48. The number of ether oxygens (including phenoxy) is 2. The van der Waals surface area contributed by atoms with Crippen LogP contribution in [0.3, 0.4) is 0 Å². The zero-order valence-corrected chi connectivity index (χ0v) is 22.3. The van der Waals surface area contributed by atoms with Gasteiger partial charge in [-0.3, -0.25) is 9.48 Å². The molecule has 0 amide bonds. The predicted octanol–water partition coefficient (Wildman–Crippen LogP) is 2.01. The number of H-pyrrole nitrogens is 1. The molecule has 11 nitrogen and oxygen atoms in total. The molecule has 196 valence electrons. The third kappa shape index (κ3) is 4.84. The lowest BCUT2D eigenvalue weighted by Crippen LogP contribution is -2.47. The largest absolute Gasteiger partial charge is 0.490 e. The molecule has 1 N–H and O–H groups in total. The fourth-order valence-corrected chi connectivity index (χ4v) is 5.88. The third-order valence-electron chi connectivity index (χ3n) is 6.22. The molecule has 3 heterocycles. The lowest BCUT2D eigenvalue weighted by atomic mass is 10.1. The monoisotopic (exact) mass is 518 g/mol. The number of likely N-dealkylation sites (N-methyl/N-ethyl adjacent to an activating group) is 1. The Balaban J connectivity index is 1.95. The minimum absolute atomic E-state index is 0.0664. The van der Waals surface area contributed by atoms with E-state index in [9.17, 15) is 13.2 Å². The first-order valence-corrected chi connectivity index (χ1v) is 13.7. The third-order valence-corrected chi connectivity index (χ3v) is 8.10. The molecular weight excluding hydrogens is 484 g/mol. The average Bonchev–Trinajstić information content (AvgIpc) is 3.16. The smallest absolute Gasteiger partial charge is 0.277 e. The Morgan fingerprint density at radius 2 is 1.72 bits per heavy atom. The highest BCUT2D eigenvalue weighted by Crippen LogP contribution is 2.40. The van der Waals surface area contributed by atoms with Gasteiger partial charge in [0.2, 0.25) is 10.0 Å². The van der Waals surface area contributed by atoms with Crippen LogP contribution in [0, 0.1) is 0 Å². The van der Waals surface area contributed by atoms with Crippen molar-refractivity contribution in [3.63, 3.8) is 0 Å². The maximum atomic E-state index is 13.6. The normalized spacial score (nSPS) is 15.5. The Morgan fingerprint density at radius 1 is 1.03 bits per heavy atom. The first kappa shape index (κ1) is 26.1. The summed E-state index contributed by atoms with van der Waals surface area (Å²) in [5.41, 5.74) is 1.56. The van der Waals surface area contributed by atoms with E-state index in [-0.39, 0.29) is 22.0 Å². The van der Waals surface area contributed by atoms with Crippen LogP contribution in [0.25, 0.3) is 22.4 Å². The van der Waals surface area contributed by atoms with Gasteiger partial charge < -0.3 is 19.4 Å². The van der Waals surface area contributed by atoms with E-state index in [0.29, 0.717) is 73.9 Å². The van der Waals surface area contributed by atoms with Gasteiger partial charge in [-0.1, -0.05) is 13.3 Å². The number of nitrogens with one attached hydrogen (secondary N) is 1. The standard InChI is InChI=1S/C24H34N6O5S/c1-6-9-18-20-21(29(5)27-18)24(31)26-23(25-20)17-14-16(15-19(34-7-2)22(17)35-8-3)36(32,33)30-12-10-28(4)11-13-30/h14-15H,6-13H2,1-5H3,(H,25,26,31). The number of rotatable bonds is 9. The van der Waals surface area contributed by atoms with Gasteiger partial charge >= 0.3 is 0 Å². The molecule has 36 heavy (non-hydrogen) atoms. The zero-order chi connectivity index (χ0) is 26.0. The fourth-order valence-electron chi connectivity index (χ4n) is 4.41. The van der Waals surface area contributed by atoms with E-state index in [0.717, 1.165) is 6.42 Å². The van der Waals surface area contributed by atoms with Gasteiger partial charge in [-0.2, -0.15) is 9.40 Å². The highest BCUT2D eigenvalue weighted by molar-refractivity contribution is 7.89. The van der Waals surface area contributed by atoms with Gasteiger partial charge in [0, 0.05) is 39.3 Å². The number of aryl methyl sites for hydroxylation is 2. The Bertz CT molecular complexity index is 1410. The Hall–Kier alpha value is -2.96. The minimum Gasteiger partial charge on any atom is -0.490 e. The van der Waals surface area contributed by atoms with Gasteiger partial charge in [-0.05, 0) is 33.4 Å². The van der Waals surface area contributed by atoms with E-state index in [1.807, 2.05) is 27.8 Å². The molecule has 1 aromatic carbocycles. The number of fused-ring (bicyclic) bond motifs is 1. The molecule has 0 radical (unpaired) electrons. The zero-order valence-electron chi connectivity index (χ0n) is 21.5. The maximum absolute atomic E-state index is 13.6. The van der Waals surface area contributed by atoms with E-state index in [1.165, 1.54) is 21.1 Å². The van der Waals surface area contributed by atoms with Crippen LogP contribution in [-0.2, 0) is 23.5 Å². The number of piperazine rings is 1. The van der Waals surface area contributed by atoms with Gasteiger partial charge in [0.15, 0.2) is 17.0 Å². The second-order valence-electron chi connectivity index (χ2n) is 8.80. The van der Waals surface area contributed by atoms with Crippen molar-refractivity contribution in [2.24, 2.45) is 7.05 Å². The summed E-state index contributed by atoms with van der Waals surface area (Å²) in [6.07, 6.45) is 1.50. The van der Waals surface area contributed by atoms with Crippen LogP contribution in [0.1, 0.15) is 32.9 Å². The number of benzene rings is 1. The fraction of sp³-hybridized carbons (Fsp3) is 0.542. The Kier molecular flexibility index (Phi) is 7.67. The lowest BCUT2D eigenvalue weighted by molar-refractivity contribution is 0.222. The second-order valence-corrected chi connectivity index (χ2v) is 10.7. The molecule has 1 aliphatic rings. The number of nitrogens with zero attached hydrogens (tertiary/aromatic N) is 5. The lowest BCUT2D eigenvalue weighted by Gasteiger charge is -2.31. The first-order valence-electron chi connectivity index (χ1n) is 12.3. The molecule has 0 saturated carbocycles. The molecule has 0 aliphatic carbocycles. The number of hydrogen-bond acceptors (Lipinski definition) is 8. The summed E-state index contributed by atoms with van der Waals surface area (Å²) in [5.74, 6) is 0.824. The van der Waals surface area contributed by atoms with Crippen LogP contribution in [0.4, 0.5) is 0 Å². The molecule has 0 unspecified atom stereocenters. The van der Waals surface area contributed by atoms with E-state index >= 15 is 0 Å². The number of hydrogen-bond donors (Lipinski definition) is 1. The molecule has 0 spiro atoms.